The van der Waals surface area contributed by atoms with E-state index < -0.39 is 18.3 Å². The molecule has 22 heavy (non-hydrogen) atoms. The Hall–Kier alpha value is -1.11. The molecule has 1 aliphatic heterocycles. The number of nitrogens with zero attached hydrogens (tertiary/aromatic N) is 1. The lowest BCUT2D eigenvalue weighted by atomic mass is 9.78. The maximum atomic E-state index is 11.3. The Balaban J connectivity index is 2.26. The summed E-state index contributed by atoms with van der Waals surface area (Å²) in [4.78, 5) is 15.6. The van der Waals surface area contributed by atoms with Crippen molar-refractivity contribution in [3.63, 3.8) is 0 Å². The van der Waals surface area contributed by atoms with Gasteiger partial charge >= 0.3 is 7.12 Å². The van der Waals surface area contributed by atoms with Crippen LogP contribution in [0.1, 0.15) is 40.3 Å². The summed E-state index contributed by atoms with van der Waals surface area (Å²) in [6.07, 6.45) is 3.68. The third-order valence-corrected chi connectivity index (χ3v) is 4.90. The van der Waals surface area contributed by atoms with E-state index >= 15 is 0 Å². The van der Waals surface area contributed by atoms with Crippen molar-refractivity contribution in [1.82, 2.24) is 4.98 Å². The lowest BCUT2D eigenvalue weighted by Crippen LogP contribution is -2.41. The Morgan fingerprint density at radius 3 is 2.41 bits per heavy atom. The van der Waals surface area contributed by atoms with Crippen LogP contribution in [0, 0.1) is 0 Å². The van der Waals surface area contributed by atoms with Crippen LogP contribution in [0.4, 0.5) is 0 Å². The van der Waals surface area contributed by atoms with Crippen molar-refractivity contribution in [3.05, 3.63) is 35.6 Å². The van der Waals surface area contributed by atoms with Crippen molar-refractivity contribution in [2.75, 3.05) is 5.75 Å². The smallest absolute Gasteiger partial charge is 0.400 e. The molecule has 1 saturated heterocycles. The van der Waals surface area contributed by atoms with Crippen LogP contribution >= 0.6 is 11.8 Å². The molecule has 1 aromatic heterocycles. The van der Waals surface area contributed by atoms with Gasteiger partial charge in [-0.1, -0.05) is 17.8 Å². The van der Waals surface area contributed by atoms with Gasteiger partial charge in [0.2, 0.25) is 0 Å². The maximum absolute atomic E-state index is 11.3. The molecule has 1 fully saturated rings. The molecular weight excluding hydrogens is 297 g/mol. The number of hydrogen-bond acceptors (Lipinski definition) is 5. The summed E-state index contributed by atoms with van der Waals surface area (Å²) in [5.41, 5.74) is 0.942. The summed E-state index contributed by atoms with van der Waals surface area (Å²) in [7, 11) is -0.459. The van der Waals surface area contributed by atoms with Crippen molar-refractivity contribution in [2.24, 2.45) is 0 Å². The zero-order valence-electron chi connectivity index (χ0n) is 13.8. The van der Waals surface area contributed by atoms with Crippen molar-refractivity contribution in [2.45, 2.75) is 45.8 Å². The van der Waals surface area contributed by atoms with Gasteiger partial charge < -0.3 is 9.31 Å². The number of pyridine rings is 1. The van der Waals surface area contributed by atoms with E-state index in [4.69, 9.17) is 9.31 Å². The summed E-state index contributed by atoms with van der Waals surface area (Å²) in [6.45, 7) is 9.63. The molecule has 0 aromatic carbocycles. The summed E-state index contributed by atoms with van der Waals surface area (Å²) in [6, 6.07) is 5.72. The van der Waals surface area contributed by atoms with Crippen LogP contribution in [0.2, 0.25) is 0 Å². The molecule has 0 saturated carbocycles. The average Bonchev–Trinajstić information content (AvgIpc) is 2.64. The summed E-state index contributed by atoms with van der Waals surface area (Å²) in [5.74, 6) is 0.530. The largest absolute Gasteiger partial charge is 0.491 e. The minimum absolute atomic E-state index is 0.0726. The fraction of sp³-hybridized carbons (Fsp3) is 0.500. The number of carbonyl (C=O) groups is 1. The summed E-state index contributed by atoms with van der Waals surface area (Å²) >= 11 is 1.25. The number of thioether (sulfide) groups is 1. The first-order valence-electron chi connectivity index (χ1n) is 7.32. The van der Waals surface area contributed by atoms with E-state index in [0.29, 0.717) is 5.75 Å². The Morgan fingerprint density at radius 1 is 1.27 bits per heavy atom. The highest BCUT2D eigenvalue weighted by Crippen LogP contribution is 2.39. The Kier molecular flexibility index (Phi) is 5.15. The average molecular weight is 319 g/mol. The molecule has 0 amide bonds. The molecule has 0 aliphatic carbocycles. The molecule has 0 atom stereocenters. The normalized spacial score (nSPS) is 20.2. The number of hydrogen-bond donors (Lipinski definition) is 0. The van der Waals surface area contributed by atoms with E-state index in [0.717, 1.165) is 11.2 Å². The van der Waals surface area contributed by atoms with E-state index in [-0.39, 0.29) is 5.12 Å². The monoisotopic (exact) mass is 319 g/mol. The second kappa shape index (κ2) is 6.56. The van der Waals surface area contributed by atoms with Gasteiger partial charge in [-0.15, -0.1) is 0 Å². The van der Waals surface area contributed by atoms with Gasteiger partial charge in [0.15, 0.2) is 5.12 Å². The molecule has 1 aliphatic rings. The van der Waals surface area contributed by atoms with Gasteiger partial charge in [0.05, 0.1) is 16.9 Å². The predicted molar refractivity (Wildman–Crippen MR) is 91.4 cm³/mol. The fourth-order valence-corrected chi connectivity index (χ4v) is 2.60. The number of aromatic nitrogens is 1. The van der Waals surface area contributed by atoms with Gasteiger partial charge in [-0.25, -0.2) is 0 Å². The lowest BCUT2D eigenvalue weighted by Gasteiger charge is -2.32. The Morgan fingerprint density at radius 2 is 1.91 bits per heavy atom. The molecule has 6 heteroatoms. The molecule has 2 rings (SSSR count). The lowest BCUT2D eigenvalue weighted by molar-refractivity contribution is -0.109. The van der Waals surface area contributed by atoms with Gasteiger partial charge in [0.1, 0.15) is 0 Å². The first-order chi connectivity index (χ1) is 10.2. The highest BCUT2D eigenvalue weighted by molar-refractivity contribution is 8.13. The third-order valence-electron chi connectivity index (χ3n) is 4.02. The standard InChI is InChI=1S/C16H22BNO3S/c1-12(19)22-11-13(10-14-8-6-7-9-18-14)17-20-15(2,3)16(4,5)21-17/h6-10H,11H2,1-5H3. The van der Waals surface area contributed by atoms with E-state index in [9.17, 15) is 4.79 Å². The van der Waals surface area contributed by atoms with Crippen molar-refractivity contribution in [1.29, 1.82) is 0 Å². The second-order valence-electron chi connectivity index (χ2n) is 6.34. The van der Waals surface area contributed by atoms with Crippen LogP contribution in [0.15, 0.2) is 29.9 Å². The SMILES string of the molecule is CC(=O)SCC(=Cc1ccccn1)B1OC(C)(C)C(C)(C)O1. The van der Waals surface area contributed by atoms with Crippen LogP contribution in [0.3, 0.4) is 0 Å². The van der Waals surface area contributed by atoms with Crippen LogP contribution in [0.25, 0.3) is 6.08 Å². The van der Waals surface area contributed by atoms with Gasteiger partial charge in [0.25, 0.3) is 0 Å². The van der Waals surface area contributed by atoms with Crippen LogP contribution < -0.4 is 0 Å². The van der Waals surface area contributed by atoms with Crippen molar-refractivity contribution in [3.8, 4) is 0 Å². The highest BCUT2D eigenvalue weighted by atomic mass is 32.2. The topological polar surface area (TPSA) is 48.4 Å². The molecule has 0 unspecified atom stereocenters. The quantitative estimate of drug-likeness (QED) is 0.796. The van der Waals surface area contributed by atoms with E-state index in [1.165, 1.54) is 11.8 Å². The predicted octanol–water partition coefficient (Wildman–Crippen LogP) is 3.38. The van der Waals surface area contributed by atoms with Crippen molar-refractivity contribution < 1.29 is 14.1 Å². The molecule has 118 valence electrons. The number of carbonyl (C=O) groups excluding carboxylic acids is 1. The Labute approximate surface area is 136 Å². The van der Waals surface area contributed by atoms with E-state index in [1.807, 2.05) is 52.0 Å². The zero-order chi connectivity index (χ0) is 16.4. The summed E-state index contributed by atoms with van der Waals surface area (Å²) < 4.78 is 12.2. The van der Waals surface area contributed by atoms with Gasteiger partial charge in [0, 0.05) is 18.9 Å². The molecule has 0 radical (unpaired) electrons. The molecule has 4 nitrogen and oxygen atoms in total. The third kappa shape index (κ3) is 4.00. The minimum atomic E-state index is -0.459. The van der Waals surface area contributed by atoms with E-state index in [2.05, 4.69) is 4.98 Å². The molecule has 0 N–H and O–H groups in total. The first-order valence-corrected chi connectivity index (χ1v) is 8.30. The van der Waals surface area contributed by atoms with Crippen LogP contribution in [-0.4, -0.2) is 34.2 Å². The fourth-order valence-electron chi connectivity index (χ4n) is 2.01. The minimum Gasteiger partial charge on any atom is -0.400 e. The van der Waals surface area contributed by atoms with Crippen molar-refractivity contribution >= 4 is 30.1 Å². The molecule has 0 spiro atoms. The van der Waals surface area contributed by atoms with Gasteiger partial charge in [-0.3, -0.25) is 9.78 Å². The van der Waals surface area contributed by atoms with Crippen LogP contribution in [0.5, 0.6) is 0 Å². The maximum Gasteiger partial charge on any atom is 0.491 e. The van der Waals surface area contributed by atoms with Crippen LogP contribution in [-0.2, 0) is 14.1 Å². The number of rotatable bonds is 4. The molecule has 0 bridgehead atoms. The van der Waals surface area contributed by atoms with E-state index in [1.54, 1.807) is 13.1 Å². The zero-order valence-corrected chi connectivity index (χ0v) is 14.6. The highest BCUT2D eigenvalue weighted by Gasteiger charge is 2.52. The Bertz CT molecular complexity index is 556. The molecule has 2 heterocycles. The molecule has 1 aromatic rings. The first kappa shape index (κ1) is 17.3. The molecular formula is C16H22BNO3S. The van der Waals surface area contributed by atoms with Gasteiger partial charge in [-0.2, -0.15) is 0 Å². The summed E-state index contributed by atoms with van der Waals surface area (Å²) in [5, 5.41) is 0.0726. The van der Waals surface area contributed by atoms with Gasteiger partial charge in [-0.05, 0) is 51.4 Å². The second-order valence-corrected chi connectivity index (χ2v) is 7.49.